The minimum absolute atomic E-state index is 0.0218. The first-order valence-electron chi connectivity index (χ1n) is 11.6. The Hall–Kier alpha value is -4.87. The van der Waals surface area contributed by atoms with Crippen LogP contribution in [0.3, 0.4) is 0 Å². The predicted molar refractivity (Wildman–Crippen MR) is 128 cm³/mol. The van der Waals surface area contributed by atoms with E-state index in [1.54, 1.807) is 18.2 Å². The number of anilines is 1. The maximum Gasteiger partial charge on any atom is 0.418 e. The minimum Gasteiger partial charge on any atom is -0.454 e. The van der Waals surface area contributed by atoms with E-state index in [2.05, 4.69) is 5.32 Å². The van der Waals surface area contributed by atoms with Crippen LogP contribution in [-0.4, -0.2) is 41.5 Å². The van der Waals surface area contributed by atoms with Crippen molar-refractivity contribution in [3.05, 3.63) is 88.5 Å². The first-order chi connectivity index (χ1) is 18.5. The van der Waals surface area contributed by atoms with Gasteiger partial charge in [-0.25, -0.2) is 4.79 Å². The fraction of sp³-hybridized carbons (Fsp3) is 0.185. The van der Waals surface area contributed by atoms with Crippen molar-refractivity contribution in [1.29, 1.82) is 0 Å². The number of carbonyl (C=O) groups excluding carboxylic acids is 4. The fourth-order valence-corrected chi connectivity index (χ4v) is 4.14. The molecule has 2 heterocycles. The van der Waals surface area contributed by atoms with Gasteiger partial charge in [0.05, 0.1) is 34.5 Å². The Balaban J connectivity index is 1.27. The third kappa shape index (κ3) is 5.00. The molecule has 1 N–H and O–H groups in total. The molecule has 1 unspecified atom stereocenters. The molecule has 2 aliphatic heterocycles. The third-order valence-electron chi connectivity index (χ3n) is 6.13. The highest BCUT2D eigenvalue weighted by Gasteiger charge is 2.37. The molecule has 0 aliphatic carbocycles. The SMILES string of the molecule is CC(OC(=O)c1ccc2c(c1)C(=O)N(Cc1ccc3c(c1)OCO3)C2=O)C(=O)Nc1ccccc1C(F)(F)F. The Labute approximate surface area is 219 Å². The summed E-state index contributed by atoms with van der Waals surface area (Å²) in [4.78, 5) is 52.0. The van der Waals surface area contributed by atoms with E-state index >= 15 is 0 Å². The molecule has 3 aromatic rings. The number of imide groups is 1. The number of hydrogen-bond acceptors (Lipinski definition) is 7. The van der Waals surface area contributed by atoms with Crippen molar-refractivity contribution in [3.63, 3.8) is 0 Å². The van der Waals surface area contributed by atoms with E-state index in [1.165, 1.54) is 37.3 Å². The number of nitrogens with zero attached hydrogens (tertiary/aromatic N) is 1. The number of ether oxygens (including phenoxy) is 3. The van der Waals surface area contributed by atoms with Gasteiger partial charge in [-0.3, -0.25) is 19.3 Å². The molecule has 1 atom stereocenters. The van der Waals surface area contributed by atoms with E-state index < -0.39 is 47.2 Å². The molecular formula is C27H19F3N2O7. The number of alkyl halides is 3. The zero-order chi connectivity index (χ0) is 27.9. The Kier molecular flexibility index (Phi) is 6.46. The van der Waals surface area contributed by atoms with Crippen LogP contribution in [0.2, 0.25) is 0 Å². The van der Waals surface area contributed by atoms with Crippen molar-refractivity contribution in [2.45, 2.75) is 25.7 Å². The molecule has 0 saturated heterocycles. The van der Waals surface area contributed by atoms with E-state index in [-0.39, 0.29) is 30.0 Å². The zero-order valence-corrected chi connectivity index (χ0v) is 20.2. The number of para-hydroxylation sites is 1. The number of esters is 1. The number of halogens is 3. The number of benzene rings is 3. The third-order valence-corrected chi connectivity index (χ3v) is 6.13. The second kappa shape index (κ2) is 9.78. The Morgan fingerprint density at radius 1 is 0.974 bits per heavy atom. The van der Waals surface area contributed by atoms with Gasteiger partial charge in [-0.05, 0) is 55.0 Å². The molecule has 0 bridgehead atoms. The van der Waals surface area contributed by atoms with Crippen molar-refractivity contribution in [3.8, 4) is 11.5 Å². The molecule has 0 fully saturated rings. The van der Waals surface area contributed by atoms with Crippen LogP contribution in [-0.2, 0) is 22.3 Å². The Morgan fingerprint density at radius 3 is 2.46 bits per heavy atom. The van der Waals surface area contributed by atoms with Gasteiger partial charge in [-0.2, -0.15) is 13.2 Å². The molecule has 3 aromatic carbocycles. The largest absolute Gasteiger partial charge is 0.454 e. The fourth-order valence-electron chi connectivity index (χ4n) is 4.14. The summed E-state index contributed by atoms with van der Waals surface area (Å²) in [6.45, 7) is 1.23. The highest BCUT2D eigenvalue weighted by atomic mass is 19.4. The number of hydrogen-bond donors (Lipinski definition) is 1. The molecule has 12 heteroatoms. The quantitative estimate of drug-likeness (QED) is 0.364. The molecule has 2 aliphatic rings. The van der Waals surface area contributed by atoms with Gasteiger partial charge in [-0.1, -0.05) is 18.2 Å². The van der Waals surface area contributed by atoms with Crippen molar-refractivity contribution in [1.82, 2.24) is 4.90 Å². The van der Waals surface area contributed by atoms with Crippen LogP contribution in [0.25, 0.3) is 0 Å². The molecule has 39 heavy (non-hydrogen) atoms. The van der Waals surface area contributed by atoms with Crippen LogP contribution < -0.4 is 14.8 Å². The summed E-state index contributed by atoms with van der Waals surface area (Å²) < 4.78 is 55.3. The summed E-state index contributed by atoms with van der Waals surface area (Å²) in [6.07, 6.45) is -6.17. The normalized spacial score (nSPS) is 14.7. The van der Waals surface area contributed by atoms with Crippen LogP contribution in [0, 0.1) is 0 Å². The number of rotatable bonds is 6. The van der Waals surface area contributed by atoms with Crippen LogP contribution in [0.1, 0.15) is 49.1 Å². The molecule has 0 aromatic heterocycles. The van der Waals surface area contributed by atoms with Crippen molar-refractivity contribution < 1.29 is 46.6 Å². The van der Waals surface area contributed by atoms with Crippen molar-refractivity contribution in [2.75, 3.05) is 12.1 Å². The van der Waals surface area contributed by atoms with Gasteiger partial charge < -0.3 is 19.5 Å². The Morgan fingerprint density at radius 2 is 1.69 bits per heavy atom. The average molecular weight is 540 g/mol. The highest BCUT2D eigenvalue weighted by molar-refractivity contribution is 6.21. The van der Waals surface area contributed by atoms with E-state index in [4.69, 9.17) is 14.2 Å². The minimum atomic E-state index is -4.70. The number of nitrogens with one attached hydrogen (secondary N) is 1. The lowest BCUT2D eigenvalue weighted by Gasteiger charge is -2.17. The smallest absolute Gasteiger partial charge is 0.418 e. The molecule has 9 nitrogen and oxygen atoms in total. The standard InChI is InChI=1S/C27H19F3N2O7/c1-14(23(33)31-20-5-3-2-4-19(20)27(28,29)30)39-26(36)16-7-8-17-18(11-16)25(35)32(24(17)34)12-15-6-9-21-22(10-15)38-13-37-21/h2-11,14H,12-13H2,1H3,(H,31,33). The van der Waals surface area contributed by atoms with Gasteiger partial charge in [0.15, 0.2) is 17.6 Å². The van der Waals surface area contributed by atoms with E-state index in [1.807, 2.05) is 0 Å². The summed E-state index contributed by atoms with van der Waals surface area (Å²) in [7, 11) is 0. The lowest BCUT2D eigenvalue weighted by Crippen LogP contribution is -2.31. The number of carbonyl (C=O) groups is 4. The first kappa shape index (κ1) is 25.8. The molecule has 0 saturated carbocycles. The molecule has 5 rings (SSSR count). The van der Waals surface area contributed by atoms with Gasteiger partial charge in [0.25, 0.3) is 17.7 Å². The van der Waals surface area contributed by atoms with Gasteiger partial charge in [-0.15, -0.1) is 0 Å². The Bertz CT molecular complexity index is 1520. The summed E-state index contributed by atoms with van der Waals surface area (Å²) in [6, 6.07) is 13.2. The second-order valence-corrected chi connectivity index (χ2v) is 8.72. The second-order valence-electron chi connectivity index (χ2n) is 8.72. The summed E-state index contributed by atoms with van der Waals surface area (Å²) in [5.74, 6) is -2.12. The number of fused-ring (bicyclic) bond motifs is 2. The topological polar surface area (TPSA) is 111 Å². The molecule has 3 amide bonds. The molecule has 0 radical (unpaired) electrons. The maximum atomic E-state index is 13.2. The lowest BCUT2D eigenvalue weighted by molar-refractivity contribution is -0.137. The molecular weight excluding hydrogens is 521 g/mol. The van der Waals surface area contributed by atoms with Gasteiger partial charge in [0.1, 0.15) is 0 Å². The predicted octanol–water partition coefficient (Wildman–Crippen LogP) is 4.41. The van der Waals surface area contributed by atoms with Crippen molar-refractivity contribution in [2.24, 2.45) is 0 Å². The van der Waals surface area contributed by atoms with Gasteiger partial charge in [0, 0.05) is 0 Å². The van der Waals surface area contributed by atoms with Crippen LogP contribution in [0.5, 0.6) is 11.5 Å². The first-order valence-corrected chi connectivity index (χ1v) is 11.6. The van der Waals surface area contributed by atoms with Gasteiger partial charge >= 0.3 is 12.1 Å². The lowest BCUT2D eigenvalue weighted by atomic mass is 10.1. The number of amides is 3. The highest BCUT2D eigenvalue weighted by Crippen LogP contribution is 2.35. The maximum absolute atomic E-state index is 13.2. The summed E-state index contributed by atoms with van der Waals surface area (Å²) in [5, 5.41) is 2.11. The van der Waals surface area contributed by atoms with Crippen LogP contribution >= 0.6 is 0 Å². The molecule has 200 valence electrons. The zero-order valence-electron chi connectivity index (χ0n) is 20.2. The average Bonchev–Trinajstić information content (AvgIpc) is 3.46. The van der Waals surface area contributed by atoms with Crippen molar-refractivity contribution >= 4 is 29.4 Å². The molecule has 0 spiro atoms. The van der Waals surface area contributed by atoms with Crippen LogP contribution in [0.15, 0.2) is 60.7 Å². The summed E-state index contributed by atoms with van der Waals surface area (Å²) in [5.41, 5.74) is -0.959. The van der Waals surface area contributed by atoms with E-state index in [0.29, 0.717) is 17.1 Å². The van der Waals surface area contributed by atoms with Gasteiger partial charge in [0.2, 0.25) is 6.79 Å². The van der Waals surface area contributed by atoms with E-state index in [0.717, 1.165) is 17.0 Å². The van der Waals surface area contributed by atoms with E-state index in [9.17, 15) is 32.3 Å². The summed E-state index contributed by atoms with van der Waals surface area (Å²) >= 11 is 0. The monoisotopic (exact) mass is 540 g/mol. The van der Waals surface area contributed by atoms with Crippen LogP contribution in [0.4, 0.5) is 18.9 Å².